The van der Waals surface area contributed by atoms with Crippen LogP contribution in [0.25, 0.3) is 10.9 Å². The number of ketones is 2. The Kier molecular flexibility index (Phi) is 4.70. The van der Waals surface area contributed by atoms with Gasteiger partial charge in [-0.25, -0.2) is 0 Å². The van der Waals surface area contributed by atoms with Gasteiger partial charge in [-0.2, -0.15) is 0 Å². The zero-order valence-electron chi connectivity index (χ0n) is 14.6. The molecule has 3 aromatic rings. The number of ether oxygens (including phenoxy) is 1. The van der Waals surface area contributed by atoms with Gasteiger partial charge in [0, 0.05) is 34.1 Å². The molecule has 1 aromatic heterocycles. The van der Waals surface area contributed by atoms with Gasteiger partial charge >= 0.3 is 0 Å². The Labute approximate surface area is 146 Å². The Bertz CT molecular complexity index is 922. The van der Waals surface area contributed by atoms with E-state index in [-0.39, 0.29) is 11.6 Å². The van der Waals surface area contributed by atoms with Crippen molar-refractivity contribution >= 4 is 22.5 Å². The van der Waals surface area contributed by atoms with Crippen LogP contribution in [-0.4, -0.2) is 22.7 Å². The van der Waals surface area contributed by atoms with Crippen molar-refractivity contribution in [1.82, 2.24) is 4.98 Å². The molecule has 1 N–H and O–H groups in total. The lowest BCUT2D eigenvalue weighted by Crippen LogP contribution is -2.24. The van der Waals surface area contributed by atoms with E-state index in [4.69, 9.17) is 4.74 Å². The Balaban J connectivity index is 1.80. The van der Waals surface area contributed by atoms with Gasteiger partial charge in [-0.3, -0.25) is 9.59 Å². The third-order valence-corrected chi connectivity index (χ3v) is 4.32. The lowest BCUT2D eigenvalue weighted by Gasteiger charge is -2.14. The largest absolute Gasteiger partial charge is 0.483 e. The van der Waals surface area contributed by atoms with Crippen LogP contribution in [-0.2, 0) is 0 Å². The molecule has 0 aliphatic rings. The molecule has 25 heavy (non-hydrogen) atoms. The van der Waals surface area contributed by atoms with Gasteiger partial charge in [0.1, 0.15) is 5.75 Å². The molecule has 0 bridgehead atoms. The van der Waals surface area contributed by atoms with Gasteiger partial charge < -0.3 is 9.72 Å². The molecule has 0 unspecified atom stereocenters. The standard InChI is InChI=1S/C21H21NO3/c1-4-19(23)15-9-11-16(12-10-15)25-14(3)21(24)20-13(2)22-18-8-6-5-7-17(18)20/h5-12,14,22H,4H2,1-3H3/t14-/m1/s1. The average molecular weight is 335 g/mol. The van der Waals surface area contributed by atoms with E-state index in [2.05, 4.69) is 4.98 Å². The van der Waals surface area contributed by atoms with Crippen molar-refractivity contribution in [2.45, 2.75) is 33.3 Å². The lowest BCUT2D eigenvalue weighted by molar-refractivity contribution is 0.0818. The van der Waals surface area contributed by atoms with Crippen molar-refractivity contribution < 1.29 is 14.3 Å². The van der Waals surface area contributed by atoms with Gasteiger partial charge in [0.25, 0.3) is 0 Å². The van der Waals surface area contributed by atoms with Gasteiger partial charge in [0.2, 0.25) is 5.78 Å². The maximum Gasteiger partial charge on any atom is 0.205 e. The number of para-hydroxylation sites is 1. The number of aromatic amines is 1. The first kappa shape index (κ1) is 17.0. The van der Waals surface area contributed by atoms with Crippen LogP contribution in [0.5, 0.6) is 5.75 Å². The molecular formula is C21H21NO3. The maximum absolute atomic E-state index is 12.9. The number of hydrogen-bond donors (Lipinski definition) is 1. The van der Waals surface area contributed by atoms with Crippen molar-refractivity contribution in [2.24, 2.45) is 0 Å². The van der Waals surface area contributed by atoms with E-state index in [0.717, 1.165) is 16.6 Å². The highest BCUT2D eigenvalue weighted by atomic mass is 16.5. The van der Waals surface area contributed by atoms with E-state index in [9.17, 15) is 9.59 Å². The number of Topliss-reactive ketones (excluding diaryl/α,β-unsaturated/α-hetero) is 2. The van der Waals surface area contributed by atoms with Crippen LogP contribution in [0, 0.1) is 6.92 Å². The molecular weight excluding hydrogens is 314 g/mol. The van der Waals surface area contributed by atoms with Crippen LogP contribution in [0.4, 0.5) is 0 Å². The van der Waals surface area contributed by atoms with Crippen LogP contribution < -0.4 is 4.74 Å². The summed E-state index contributed by atoms with van der Waals surface area (Å²) in [7, 11) is 0. The van der Waals surface area contributed by atoms with Crippen LogP contribution in [0.1, 0.15) is 46.7 Å². The summed E-state index contributed by atoms with van der Waals surface area (Å²) in [5, 5.41) is 0.907. The summed E-state index contributed by atoms with van der Waals surface area (Å²) < 4.78 is 5.80. The number of aryl methyl sites for hydroxylation is 1. The summed E-state index contributed by atoms with van der Waals surface area (Å²) in [6.45, 7) is 5.47. The minimum atomic E-state index is -0.620. The number of carbonyl (C=O) groups is 2. The molecule has 2 aromatic carbocycles. The monoisotopic (exact) mass is 335 g/mol. The first-order valence-corrected chi connectivity index (χ1v) is 8.42. The number of fused-ring (bicyclic) bond motifs is 1. The molecule has 1 heterocycles. The normalized spacial score (nSPS) is 12.1. The fraction of sp³-hybridized carbons (Fsp3) is 0.238. The smallest absolute Gasteiger partial charge is 0.205 e. The Morgan fingerprint density at radius 3 is 2.44 bits per heavy atom. The summed E-state index contributed by atoms with van der Waals surface area (Å²) in [5.74, 6) is 0.597. The summed E-state index contributed by atoms with van der Waals surface area (Å²) in [5.41, 5.74) is 3.10. The molecule has 0 spiro atoms. The van der Waals surface area contributed by atoms with E-state index < -0.39 is 6.10 Å². The molecule has 0 fully saturated rings. The number of H-pyrrole nitrogens is 1. The van der Waals surface area contributed by atoms with Gasteiger partial charge in [-0.1, -0.05) is 25.1 Å². The van der Waals surface area contributed by atoms with Crippen LogP contribution in [0.2, 0.25) is 0 Å². The second-order valence-electron chi connectivity index (χ2n) is 6.10. The summed E-state index contributed by atoms with van der Waals surface area (Å²) >= 11 is 0. The Hall–Kier alpha value is -2.88. The molecule has 4 heteroatoms. The van der Waals surface area contributed by atoms with E-state index in [1.165, 1.54) is 0 Å². The topological polar surface area (TPSA) is 59.2 Å². The number of rotatable bonds is 6. The van der Waals surface area contributed by atoms with Gasteiger partial charge in [0.05, 0.1) is 0 Å². The van der Waals surface area contributed by atoms with E-state index in [0.29, 0.717) is 23.3 Å². The lowest BCUT2D eigenvalue weighted by atomic mass is 10.0. The van der Waals surface area contributed by atoms with Crippen molar-refractivity contribution in [2.75, 3.05) is 0 Å². The highest BCUT2D eigenvalue weighted by Gasteiger charge is 2.22. The van der Waals surface area contributed by atoms with Crippen LogP contribution >= 0.6 is 0 Å². The number of aromatic nitrogens is 1. The number of carbonyl (C=O) groups excluding carboxylic acids is 2. The summed E-state index contributed by atoms with van der Waals surface area (Å²) in [6, 6.07) is 14.7. The second kappa shape index (κ2) is 6.93. The fourth-order valence-electron chi connectivity index (χ4n) is 2.98. The Morgan fingerprint density at radius 2 is 1.76 bits per heavy atom. The number of benzene rings is 2. The van der Waals surface area contributed by atoms with Crippen LogP contribution in [0.15, 0.2) is 48.5 Å². The zero-order valence-corrected chi connectivity index (χ0v) is 14.6. The minimum Gasteiger partial charge on any atom is -0.483 e. The number of hydrogen-bond acceptors (Lipinski definition) is 3. The molecule has 4 nitrogen and oxygen atoms in total. The highest BCUT2D eigenvalue weighted by Crippen LogP contribution is 2.24. The quantitative estimate of drug-likeness (QED) is 0.663. The van der Waals surface area contributed by atoms with E-state index >= 15 is 0 Å². The number of nitrogens with one attached hydrogen (secondary N) is 1. The predicted octanol–water partition coefficient (Wildman–Crippen LogP) is 4.72. The molecule has 1 atom stereocenters. The molecule has 0 saturated heterocycles. The molecule has 3 rings (SSSR count). The first-order valence-electron chi connectivity index (χ1n) is 8.42. The van der Waals surface area contributed by atoms with E-state index in [1.807, 2.05) is 38.1 Å². The van der Waals surface area contributed by atoms with Crippen molar-refractivity contribution in [3.05, 3.63) is 65.4 Å². The molecule has 0 aliphatic carbocycles. The summed E-state index contributed by atoms with van der Waals surface area (Å²) in [6.07, 6.45) is -0.153. The second-order valence-corrected chi connectivity index (χ2v) is 6.10. The van der Waals surface area contributed by atoms with Gasteiger partial charge in [0.15, 0.2) is 11.9 Å². The maximum atomic E-state index is 12.9. The molecule has 0 saturated carbocycles. The molecule has 0 aliphatic heterocycles. The van der Waals surface area contributed by atoms with Gasteiger partial charge in [-0.05, 0) is 44.2 Å². The molecule has 0 radical (unpaired) electrons. The fourth-order valence-corrected chi connectivity index (χ4v) is 2.98. The minimum absolute atomic E-state index is 0.0661. The third-order valence-electron chi connectivity index (χ3n) is 4.32. The van der Waals surface area contributed by atoms with Crippen molar-refractivity contribution in [1.29, 1.82) is 0 Å². The van der Waals surface area contributed by atoms with E-state index in [1.54, 1.807) is 31.2 Å². The Morgan fingerprint density at radius 1 is 1.08 bits per heavy atom. The van der Waals surface area contributed by atoms with Crippen molar-refractivity contribution in [3.63, 3.8) is 0 Å². The SMILES string of the molecule is CCC(=O)c1ccc(O[C@H](C)C(=O)c2c(C)[nH]c3ccccc23)cc1. The molecule has 0 amide bonds. The molecule has 128 valence electrons. The first-order chi connectivity index (χ1) is 12.0. The zero-order chi connectivity index (χ0) is 18.0. The highest BCUT2D eigenvalue weighted by molar-refractivity contribution is 6.11. The van der Waals surface area contributed by atoms with Gasteiger partial charge in [-0.15, -0.1) is 0 Å². The predicted molar refractivity (Wildman–Crippen MR) is 98.5 cm³/mol. The summed E-state index contributed by atoms with van der Waals surface area (Å²) in [4.78, 5) is 27.8. The third kappa shape index (κ3) is 3.33. The van der Waals surface area contributed by atoms with Crippen molar-refractivity contribution in [3.8, 4) is 5.75 Å². The van der Waals surface area contributed by atoms with Crippen LogP contribution in [0.3, 0.4) is 0 Å². The average Bonchev–Trinajstić information content (AvgIpc) is 2.96.